The molecule has 0 saturated carbocycles. The predicted octanol–water partition coefficient (Wildman–Crippen LogP) is 5.76. The van der Waals surface area contributed by atoms with E-state index in [1.165, 1.54) is 12.4 Å². The number of aromatic nitrogens is 2. The summed E-state index contributed by atoms with van der Waals surface area (Å²) in [4.78, 5) is 36.0. The van der Waals surface area contributed by atoms with Crippen LogP contribution < -0.4 is 14.4 Å². The van der Waals surface area contributed by atoms with Crippen LogP contribution in [0.5, 0.6) is 17.2 Å². The molecule has 0 saturated heterocycles. The van der Waals surface area contributed by atoms with Gasteiger partial charge in [0.05, 0.1) is 16.8 Å². The van der Waals surface area contributed by atoms with Crippen molar-refractivity contribution < 1.29 is 24.2 Å². The van der Waals surface area contributed by atoms with Crippen molar-refractivity contribution in [2.24, 2.45) is 0 Å². The molecule has 1 N–H and O–H groups in total. The van der Waals surface area contributed by atoms with Crippen molar-refractivity contribution >= 4 is 17.5 Å². The van der Waals surface area contributed by atoms with Crippen LogP contribution in [0, 0.1) is 20.8 Å². The molecule has 40 heavy (non-hydrogen) atoms. The second-order valence-corrected chi connectivity index (χ2v) is 10.3. The van der Waals surface area contributed by atoms with Gasteiger partial charge < -0.3 is 14.6 Å². The monoisotopic (exact) mass is 537 g/mol. The molecule has 2 amide bonds. The van der Waals surface area contributed by atoms with E-state index in [1.54, 1.807) is 60.9 Å². The Balaban J connectivity index is 1.35. The number of nitrogens with zero attached hydrogens (tertiary/aromatic N) is 3. The van der Waals surface area contributed by atoms with Crippen LogP contribution in [0.15, 0.2) is 73.3 Å². The maximum Gasteiger partial charge on any atom is 0.266 e. The van der Waals surface area contributed by atoms with Crippen molar-refractivity contribution in [2.75, 3.05) is 11.5 Å². The van der Waals surface area contributed by atoms with Gasteiger partial charge in [0.1, 0.15) is 29.5 Å². The molecule has 204 valence electrons. The van der Waals surface area contributed by atoms with Crippen molar-refractivity contribution in [1.82, 2.24) is 9.97 Å². The van der Waals surface area contributed by atoms with E-state index >= 15 is 0 Å². The summed E-state index contributed by atoms with van der Waals surface area (Å²) in [5.41, 5.74) is 4.07. The van der Waals surface area contributed by atoms with E-state index < -0.39 is 17.4 Å². The number of rotatable bonds is 6. The lowest BCUT2D eigenvalue weighted by Gasteiger charge is -2.37. The van der Waals surface area contributed by atoms with E-state index in [4.69, 9.17) is 9.47 Å². The topological polar surface area (TPSA) is 102 Å². The Bertz CT molecular complexity index is 1500. The van der Waals surface area contributed by atoms with E-state index in [0.717, 1.165) is 45.7 Å². The molecule has 5 rings (SSSR count). The Morgan fingerprint density at radius 1 is 0.925 bits per heavy atom. The maximum atomic E-state index is 13.4. The minimum Gasteiger partial charge on any atom is -0.507 e. The third-order valence-corrected chi connectivity index (χ3v) is 7.45. The van der Waals surface area contributed by atoms with Crippen molar-refractivity contribution in [3.63, 3.8) is 0 Å². The molecule has 0 aliphatic carbocycles. The SMILES string of the molecule is Cc1c(C)c2c(c(C)c1O)CCC(C)(COc1ccc(N(C(=O)c3cccnc3)C(=O)c3cccnc3)cc1)O2. The van der Waals surface area contributed by atoms with Gasteiger partial charge in [-0.3, -0.25) is 19.6 Å². The summed E-state index contributed by atoms with van der Waals surface area (Å²) >= 11 is 0. The number of hydrogen-bond donors (Lipinski definition) is 1. The number of fused-ring (bicyclic) bond motifs is 1. The van der Waals surface area contributed by atoms with Gasteiger partial charge in [-0.1, -0.05) is 0 Å². The third kappa shape index (κ3) is 5.12. The average molecular weight is 538 g/mol. The Hall–Kier alpha value is -4.72. The van der Waals surface area contributed by atoms with Gasteiger partial charge in [-0.25, -0.2) is 4.90 Å². The molecule has 0 spiro atoms. The fourth-order valence-electron chi connectivity index (χ4n) is 4.89. The van der Waals surface area contributed by atoms with Gasteiger partial charge in [0.2, 0.25) is 0 Å². The second-order valence-electron chi connectivity index (χ2n) is 10.3. The fourth-order valence-corrected chi connectivity index (χ4v) is 4.89. The molecule has 1 atom stereocenters. The standard InChI is InChI=1S/C32H31N3O5/c1-20-21(2)29-27(22(3)28(20)36)13-14-32(4,40-29)19-39-26-11-9-25(10-12-26)35(30(37)23-7-5-15-33-17-23)31(38)24-8-6-16-34-18-24/h5-12,15-18,36H,13-14,19H2,1-4H3. The summed E-state index contributed by atoms with van der Waals surface area (Å²) < 4.78 is 12.6. The number of carbonyl (C=O) groups excluding carboxylic acids is 2. The van der Waals surface area contributed by atoms with Crippen molar-refractivity contribution in [3.8, 4) is 17.2 Å². The number of pyridine rings is 2. The van der Waals surface area contributed by atoms with Crippen LogP contribution >= 0.6 is 0 Å². The molecule has 4 aromatic rings. The number of phenolic OH excluding ortho intramolecular Hbond substituents is 1. The quantitative estimate of drug-likeness (QED) is 0.312. The normalized spacial score (nSPS) is 16.0. The van der Waals surface area contributed by atoms with Gasteiger partial charge >= 0.3 is 0 Å². The third-order valence-electron chi connectivity index (χ3n) is 7.45. The highest BCUT2D eigenvalue weighted by Gasteiger charge is 2.35. The summed E-state index contributed by atoms with van der Waals surface area (Å²) in [5.74, 6) is 0.738. The molecule has 8 heteroatoms. The molecule has 2 aromatic carbocycles. The summed E-state index contributed by atoms with van der Waals surface area (Å²) in [6.07, 6.45) is 7.50. The van der Waals surface area contributed by atoms with Crippen LogP contribution in [-0.4, -0.2) is 39.1 Å². The lowest BCUT2D eigenvalue weighted by molar-refractivity contribution is 0.0166. The van der Waals surface area contributed by atoms with Crippen LogP contribution in [0.4, 0.5) is 5.69 Å². The van der Waals surface area contributed by atoms with E-state index in [1.807, 2.05) is 27.7 Å². The van der Waals surface area contributed by atoms with Crippen molar-refractivity contribution in [2.45, 2.75) is 46.1 Å². The minimum absolute atomic E-state index is 0.289. The smallest absolute Gasteiger partial charge is 0.266 e. The highest BCUT2D eigenvalue weighted by Crippen LogP contribution is 2.43. The zero-order valence-corrected chi connectivity index (χ0v) is 23.0. The largest absolute Gasteiger partial charge is 0.507 e. The number of aromatic hydroxyl groups is 1. The van der Waals surface area contributed by atoms with Gasteiger partial charge in [0, 0.05) is 30.4 Å². The molecule has 1 unspecified atom stereocenters. The number of imide groups is 1. The molecular formula is C32H31N3O5. The summed E-state index contributed by atoms with van der Waals surface area (Å²) in [7, 11) is 0. The average Bonchev–Trinajstić information content (AvgIpc) is 2.99. The Labute approximate surface area is 233 Å². The first-order chi connectivity index (χ1) is 19.2. The number of anilines is 1. The number of phenols is 1. The van der Waals surface area contributed by atoms with E-state index in [-0.39, 0.29) is 11.1 Å². The lowest BCUT2D eigenvalue weighted by atomic mass is 9.87. The Morgan fingerprint density at radius 2 is 1.52 bits per heavy atom. The minimum atomic E-state index is -0.565. The van der Waals surface area contributed by atoms with Gasteiger partial charge in [0.25, 0.3) is 11.8 Å². The first-order valence-electron chi connectivity index (χ1n) is 13.1. The first-order valence-corrected chi connectivity index (χ1v) is 13.1. The number of benzene rings is 2. The molecule has 3 heterocycles. The molecular weight excluding hydrogens is 506 g/mol. The first kappa shape index (κ1) is 26.9. The second kappa shape index (κ2) is 10.8. The zero-order valence-electron chi connectivity index (χ0n) is 23.0. The zero-order chi connectivity index (χ0) is 28.4. The van der Waals surface area contributed by atoms with E-state index in [0.29, 0.717) is 23.8 Å². The van der Waals surface area contributed by atoms with Gasteiger partial charge in [-0.2, -0.15) is 0 Å². The van der Waals surface area contributed by atoms with Crippen LogP contribution in [0.3, 0.4) is 0 Å². The summed E-state index contributed by atoms with van der Waals surface area (Å²) in [6.45, 7) is 8.10. The van der Waals surface area contributed by atoms with Crippen LogP contribution in [-0.2, 0) is 6.42 Å². The maximum absolute atomic E-state index is 13.4. The summed E-state index contributed by atoms with van der Waals surface area (Å²) in [5, 5.41) is 10.5. The molecule has 0 bridgehead atoms. The van der Waals surface area contributed by atoms with E-state index in [2.05, 4.69) is 9.97 Å². The number of ether oxygens (including phenoxy) is 2. The number of carbonyl (C=O) groups is 2. The van der Waals surface area contributed by atoms with Gasteiger partial charge in [-0.05, 0) is 106 Å². The lowest BCUT2D eigenvalue weighted by Crippen LogP contribution is -2.42. The Kier molecular flexibility index (Phi) is 7.26. The summed E-state index contributed by atoms with van der Waals surface area (Å²) in [6, 6.07) is 13.3. The number of hydrogen-bond acceptors (Lipinski definition) is 7. The van der Waals surface area contributed by atoms with E-state index in [9.17, 15) is 14.7 Å². The fraction of sp³-hybridized carbons (Fsp3) is 0.250. The Morgan fingerprint density at radius 3 is 2.08 bits per heavy atom. The molecule has 1 aliphatic rings. The van der Waals surface area contributed by atoms with Crippen LogP contribution in [0.1, 0.15) is 56.3 Å². The highest BCUT2D eigenvalue weighted by molar-refractivity contribution is 6.25. The van der Waals surface area contributed by atoms with Gasteiger partial charge in [0.15, 0.2) is 0 Å². The highest BCUT2D eigenvalue weighted by atomic mass is 16.5. The van der Waals surface area contributed by atoms with Crippen LogP contribution in [0.2, 0.25) is 0 Å². The number of amides is 2. The van der Waals surface area contributed by atoms with Crippen molar-refractivity contribution in [3.05, 3.63) is 107 Å². The molecule has 0 fully saturated rings. The molecule has 8 nitrogen and oxygen atoms in total. The van der Waals surface area contributed by atoms with Gasteiger partial charge in [-0.15, -0.1) is 0 Å². The molecule has 0 radical (unpaired) electrons. The predicted molar refractivity (Wildman–Crippen MR) is 151 cm³/mol. The molecule has 1 aliphatic heterocycles. The van der Waals surface area contributed by atoms with Crippen LogP contribution in [0.25, 0.3) is 0 Å². The molecule has 2 aromatic heterocycles. The van der Waals surface area contributed by atoms with Crippen molar-refractivity contribution in [1.29, 1.82) is 0 Å².